The predicted octanol–water partition coefficient (Wildman–Crippen LogP) is 3.65. The van der Waals surface area contributed by atoms with E-state index in [0.29, 0.717) is 18.8 Å². The Kier molecular flexibility index (Phi) is 4.84. The van der Waals surface area contributed by atoms with E-state index < -0.39 is 0 Å². The molecule has 0 unspecified atom stereocenters. The van der Waals surface area contributed by atoms with Gasteiger partial charge in [-0.1, -0.05) is 12.1 Å². The normalized spacial score (nSPS) is 10.3. The van der Waals surface area contributed by atoms with Gasteiger partial charge in [0.1, 0.15) is 11.5 Å². The van der Waals surface area contributed by atoms with Gasteiger partial charge in [-0.2, -0.15) is 0 Å². The van der Waals surface area contributed by atoms with Crippen LogP contribution in [0.25, 0.3) is 0 Å². The Bertz CT molecular complexity index is 601. The van der Waals surface area contributed by atoms with Crippen LogP contribution in [0.2, 0.25) is 0 Å². The first-order valence-electron chi connectivity index (χ1n) is 6.25. The summed E-state index contributed by atoms with van der Waals surface area (Å²) in [5, 5.41) is 0. The summed E-state index contributed by atoms with van der Waals surface area (Å²) in [4.78, 5) is 18.1. The Morgan fingerprint density at radius 2 is 2.15 bits per heavy atom. The van der Waals surface area contributed by atoms with Crippen LogP contribution in [0.1, 0.15) is 23.0 Å². The Morgan fingerprint density at radius 1 is 1.35 bits per heavy atom. The van der Waals surface area contributed by atoms with Gasteiger partial charge < -0.3 is 4.90 Å². The topological polar surface area (TPSA) is 33.2 Å². The van der Waals surface area contributed by atoms with Crippen LogP contribution in [0.3, 0.4) is 0 Å². The summed E-state index contributed by atoms with van der Waals surface area (Å²) in [5.41, 5.74) is 1.14. The van der Waals surface area contributed by atoms with Crippen LogP contribution in [-0.4, -0.2) is 22.3 Å². The molecule has 20 heavy (non-hydrogen) atoms. The maximum atomic E-state index is 13.2. The molecule has 5 heteroatoms. The Balaban J connectivity index is 2.15. The highest BCUT2D eigenvalue weighted by atomic mass is 79.9. The van der Waals surface area contributed by atoms with Crippen LogP contribution >= 0.6 is 15.9 Å². The van der Waals surface area contributed by atoms with Gasteiger partial charge in [-0.05, 0) is 52.7 Å². The van der Waals surface area contributed by atoms with Crippen molar-refractivity contribution in [1.29, 1.82) is 0 Å². The van der Waals surface area contributed by atoms with Gasteiger partial charge >= 0.3 is 0 Å². The lowest BCUT2D eigenvalue weighted by Crippen LogP contribution is -2.30. The summed E-state index contributed by atoms with van der Waals surface area (Å²) in [5.74, 6) is -0.461. The molecule has 1 heterocycles. The third-order valence-electron chi connectivity index (χ3n) is 2.88. The largest absolute Gasteiger partial charge is 0.333 e. The first-order chi connectivity index (χ1) is 9.60. The van der Waals surface area contributed by atoms with E-state index in [1.165, 1.54) is 12.1 Å². The van der Waals surface area contributed by atoms with E-state index in [0.717, 1.165) is 10.0 Å². The average molecular weight is 337 g/mol. The van der Waals surface area contributed by atoms with E-state index in [9.17, 15) is 9.18 Å². The summed E-state index contributed by atoms with van der Waals surface area (Å²) < 4.78 is 14.0. The Morgan fingerprint density at radius 3 is 2.75 bits per heavy atom. The second kappa shape index (κ2) is 6.61. The average Bonchev–Trinajstić information content (AvgIpc) is 2.45. The van der Waals surface area contributed by atoms with Crippen molar-refractivity contribution < 1.29 is 9.18 Å². The molecule has 0 saturated heterocycles. The third kappa shape index (κ3) is 3.63. The molecule has 0 aliphatic carbocycles. The number of nitrogens with zero attached hydrogens (tertiary/aromatic N) is 2. The van der Waals surface area contributed by atoms with Crippen LogP contribution in [-0.2, 0) is 6.54 Å². The number of halogens is 2. The lowest BCUT2D eigenvalue weighted by molar-refractivity contribution is 0.0746. The van der Waals surface area contributed by atoms with Crippen molar-refractivity contribution in [1.82, 2.24) is 9.88 Å². The van der Waals surface area contributed by atoms with Crippen LogP contribution in [0.4, 0.5) is 4.39 Å². The number of aromatic nitrogens is 1. The van der Waals surface area contributed by atoms with Crippen molar-refractivity contribution in [3.63, 3.8) is 0 Å². The number of hydrogen-bond donors (Lipinski definition) is 0. The molecule has 1 aromatic heterocycles. The minimum Gasteiger partial charge on any atom is -0.333 e. The van der Waals surface area contributed by atoms with Gasteiger partial charge in [0.15, 0.2) is 0 Å². The summed E-state index contributed by atoms with van der Waals surface area (Å²) in [6.45, 7) is 2.79. The molecular weight excluding hydrogens is 323 g/mol. The highest BCUT2D eigenvalue weighted by molar-refractivity contribution is 9.10. The predicted molar refractivity (Wildman–Crippen MR) is 78.8 cm³/mol. The van der Waals surface area contributed by atoms with Gasteiger partial charge in [0, 0.05) is 23.8 Å². The second-order valence-corrected chi connectivity index (χ2v) is 5.23. The van der Waals surface area contributed by atoms with E-state index in [1.807, 2.05) is 6.92 Å². The zero-order valence-electron chi connectivity index (χ0n) is 11.0. The molecule has 0 bridgehead atoms. The van der Waals surface area contributed by atoms with Crippen LogP contribution in [0.5, 0.6) is 0 Å². The van der Waals surface area contributed by atoms with Crippen LogP contribution in [0, 0.1) is 5.82 Å². The lowest BCUT2D eigenvalue weighted by Gasteiger charge is -2.20. The maximum absolute atomic E-state index is 13.2. The van der Waals surface area contributed by atoms with Gasteiger partial charge in [0.2, 0.25) is 0 Å². The Hall–Kier alpha value is -1.75. The molecule has 0 atom stereocenters. The third-order valence-corrected chi connectivity index (χ3v) is 3.35. The highest BCUT2D eigenvalue weighted by Gasteiger charge is 2.15. The fourth-order valence-electron chi connectivity index (χ4n) is 1.85. The van der Waals surface area contributed by atoms with Gasteiger partial charge in [-0.3, -0.25) is 4.79 Å². The van der Waals surface area contributed by atoms with Gasteiger partial charge in [0.25, 0.3) is 5.91 Å². The van der Waals surface area contributed by atoms with Crippen molar-refractivity contribution in [2.45, 2.75) is 13.5 Å². The monoisotopic (exact) mass is 336 g/mol. The van der Waals surface area contributed by atoms with Gasteiger partial charge in [0.05, 0.1) is 0 Å². The minimum atomic E-state index is -0.298. The van der Waals surface area contributed by atoms with Crippen molar-refractivity contribution in [3.8, 4) is 0 Å². The number of amides is 1. The molecule has 3 nitrogen and oxygen atoms in total. The fraction of sp³-hybridized carbons (Fsp3) is 0.200. The molecule has 0 radical (unpaired) electrons. The quantitative estimate of drug-likeness (QED) is 0.853. The molecule has 2 rings (SSSR count). The molecule has 0 aliphatic rings. The standard InChI is InChI=1S/C15H14BrFN2O/c1-2-19(10-11-4-3-5-13(17)8-11)15(20)14-7-6-12(16)9-18-14/h3-9H,2,10H2,1H3. The van der Waals surface area contributed by atoms with E-state index in [-0.39, 0.29) is 11.7 Å². The summed E-state index contributed by atoms with van der Waals surface area (Å²) >= 11 is 3.28. The zero-order chi connectivity index (χ0) is 14.5. The van der Waals surface area contributed by atoms with E-state index in [1.54, 1.807) is 35.4 Å². The second-order valence-electron chi connectivity index (χ2n) is 4.31. The number of carbonyl (C=O) groups is 1. The molecule has 0 saturated carbocycles. The minimum absolute atomic E-state index is 0.163. The molecule has 1 amide bonds. The number of rotatable bonds is 4. The first kappa shape index (κ1) is 14.7. The van der Waals surface area contributed by atoms with Crippen molar-refractivity contribution >= 4 is 21.8 Å². The molecule has 0 aliphatic heterocycles. The van der Waals surface area contributed by atoms with Crippen LogP contribution < -0.4 is 0 Å². The van der Waals surface area contributed by atoms with E-state index in [2.05, 4.69) is 20.9 Å². The SMILES string of the molecule is CCN(Cc1cccc(F)c1)C(=O)c1ccc(Br)cn1. The molecule has 0 fully saturated rings. The Labute approximate surface area is 125 Å². The molecule has 1 aromatic carbocycles. The number of pyridine rings is 1. The highest BCUT2D eigenvalue weighted by Crippen LogP contribution is 2.12. The van der Waals surface area contributed by atoms with Gasteiger partial charge in [-0.15, -0.1) is 0 Å². The number of hydrogen-bond acceptors (Lipinski definition) is 2. The van der Waals surface area contributed by atoms with E-state index in [4.69, 9.17) is 0 Å². The van der Waals surface area contributed by atoms with E-state index >= 15 is 0 Å². The molecule has 0 spiro atoms. The number of carbonyl (C=O) groups excluding carboxylic acids is 1. The molecular formula is C15H14BrFN2O. The van der Waals surface area contributed by atoms with Crippen molar-refractivity contribution in [2.75, 3.05) is 6.54 Å². The summed E-state index contributed by atoms with van der Waals surface area (Å²) in [6.07, 6.45) is 1.59. The lowest BCUT2D eigenvalue weighted by atomic mass is 10.2. The molecule has 0 N–H and O–H groups in total. The number of benzene rings is 1. The smallest absolute Gasteiger partial charge is 0.272 e. The zero-order valence-corrected chi connectivity index (χ0v) is 12.6. The summed E-state index contributed by atoms with van der Waals surface area (Å²) in [6, 6.07) is 9.70. The maximum Gasteiger partial charge on any atom is 0.272 e. The van der Waals surface area contributed by atoms with Crippen molar-refractivity contribution in [2.24, 2.45) is 0 Å². The fourth-order valence-corrected chi connectivity index (χ4v) is 2.08. The van der Waals surface area contributed by atoms with Crippen molar-refractivity contribution in [3.05, 3.63) is 64.1 Å². The van der Waals surface area contributed by atoms with Crippen LogP contribution in [0.15, 0.2) is 47.1 Å². The molecule has 2 aromatic rings. The van der Waals surface area contributed by atoms with Gasteiger partial charge in [-0.25, -0.2) is 9.37 Å². The first-order valence-corrected chi connectivity index (χ1v) is 7.04. The summed E-state index contributed by atoms with van der Waals surface area (Å²) in [7, 11) is 0. The molecule has 104 valence electrons.